The number of halogens is 1. The molecule has 2 aromatic carbocycles. The molecule has 1 aliphatic rings. The van der Waals surface area contributed by atoms with Crippen molar-refractivity contribution in [3.05, 3.63) is 60.2 Å². The zero-order chi connectivity index (χ0) is 16.1. The normalized spacial score (nSPS) is 16.5. The van der Waals surface area contributed by atoms with Crippen molar-refractivity contribution in [2.75, 3.05) is 32.0 Å². The summed E-state index contributed by atoms with van der Waals surface area (Å²) in [4.78, 5) is 14.8. The molecule has 2 aromatic rings. The first-order valence-corrected chi connectivity index (χ1v) is 8.13. The minimum absolute atomic E-state index is 0. The largest absolute Gasteiger partial charge is 0.355 e. The minimum atomic E-state index is 0. The molecule has 128 valence electrons. The van der Waals surface area contributed by atoms with Gasteiger partial charge in [-0.05, 0) is 50.2 Å². The molecule has 1 atom stereocenters. The lowest BCUT2D eigenvalue weighted by Crippen LogP contribution is -2.30. The molecule has 2 N–H and O–H groups in total. The van der Waals surface area contributed by atoms with Crippen molar-refractivity contribution < 1.29 is 4.79 Å². The fraction of sp³-hybridized carbons (Fsp3) is 0.316. The van der Waals surface area contributed by atoms with Crippen molar-refractivity contribution in [2.24, 2.45) is 5.92 Å². The topological polar surface area (TPSA) is 44.4 Å². The second-order valence-corrected chi connectivity index (χ2v) is 6.00. The Balaban J connectivity index is 0.00000208. The molecule has 1 unspecified atom stereocenters. The summed E-state index contributed by atoms with van der Waals surface area (Å²) in [5.74, 6) is 0.667. The van der Waals surface area contributed by atoms with E-state index in [-0.39, 0.29) is 18.3 Å². The third-order valence-electron chi connectivity index (χ3n) is 4.28. The molecule has 0 radical (unpaired) electrons. The molecule has 1 amide bonds. The first-order chi connectivity index (χ1) is 11.3. The van der Waals surface area contributed by atoms with Crippen molar-refractivity contribution >= 4 is 29.7 Å². The van der Waals surface area contributed by atoms with E-state index >= 15 is 0 Å². The summed E-state index contributed by atoms with van der Waals surface area (Å²) in [6, 6.07) is 17.7. The number of likely N-dealkylation sites (tertiary alicyclic amines) is 1. The Morgan fingerprint density at radius 1 is 1.12 bits per heavy atom. The van der Waals surface area contributed by atoms with Gasteiger partial charge in [-0.15, -0.1) is 12.4 Å². The second kappa shape index (κ2) is 8.71. The monoisotopic (exact) mass is 345 g/mol. The highest BCUT2D eigenvalue weighted by Crippen LogP contribution is 2.24. The molecule has 0 aromatic heterocycles. The van der Waals surface area contributed by atoms with Gasteiger partial charge >= 0.3 is 0 Å². The molecular weight excluding hydrogens is 322 g/mol. The van der Waals surface area contributed by atoms with Gasteiger partial charge in [0.05, 0.1) is 11.3 Å². The third-order valence-corrected chi connectivity index (χ3v) is 4.28. The van der Waals surface area contributed by atoms with Gasteiger partial charge in [-0.2, -0.15) is 0 Å². The summed E-state index contributed by atoms with van der Waals surface area (Å²) in [5.41, 5.74) is 2.59. The predicted octanol–water partition coefficient (Wildman–Crippen LogP) is 3.53. The summed E-state index contributed by atoms with van der Waals surface area (Å²) in [6.45, 7) is 2.64. The highest BCUT2D eigenvalue weighted by atomic mass is 35.5. The van der Waals surface area contributed by atoms with Crippen molar-refractivity contribution in [1.29, 1.82) is 0 Å². The van der Waals surface area contributed by atoms with Crippen LogP contribution >= 0.6 is 12.4 Å². The minimum Gasteiger partial charge on any atom is -0.355 e. The summed E-state index contributed by atoms with van der Waals surface area (Å²) in [5, 5.41) is 6.56. The van der Waals surface area contributed by atoms with Gasteiger partial charge in [-0.1, -0.05) is 30.3 Å². The van der Waals surface area contributed by atoms with Gasteiger partial charge in [0, 0.05) is 18.8 Å². The van der Waals surface area contributed by atoms with Crippen LogP contribution in [0.25, 0.3) is 0 Å². The highest BCUT2D eigenvalue weighted by molar-refractivity contribution is 6.00. The maximum Gasteiger partial charge on any atom is 0.255 e. The van der Waals surface area contributed by atoms with Crippen LogP contribution < -0.4 is 10.6 Å². The average Bonchev–Trinajstić information content (AvgIpc) is 3.05. The molecule has 1 fully saturated rings. The van der Waals surface area contributed by atoms with Crippen LogP contribution in [-0.4, -0.2) is 37.5 Å². The van der Waals surface area contributed by atoms with Gasteiger partial charge in [-0.25, -0.2) is 0 Å². The molecule has 5 heteroatoms. The van der Waals surface area contributed by atoms with E-state index < -0.39 is 0 Å². The van der Waals surface area contributed by atoms with Crippen molar-refractivity contribution in [2.45, 2.75) is 6.42 Å². The number of carbonyl (C=O) groups is 1. The zero-order valence-corrected chi connectivity index (χ0v) is 14.7. The molecular formula is C19H24ClN3O. The first kappa shape index (κ1) is 18.3. The number of benzene rings is 2. The average molecular weight is 346 g/mol. The Kier molecular flexibility index (Phi) is 6.64. The number of amides is 1. The van der Waals surface area contributed by atoms with Crippen molar-refractivity contribution in [1.82, 2.24) is 10.2 Å². The van der Waals surface area contributed by atoms with Gasteiger partial charge in [-0.3, -0.25) is 4.79 Å². The van der Waals surface area contributed by atoms with E-state index in [1.807, 2.05) is 66.5 Å². The molecule has 1 saturated heterocycles. The van der Waals surface area contributed by atoms with E-state index in [4.69, 9.17) is 0 Å². The Bertz CT molecular complexity index is 663. The molecule has 0 aliphatic carbocycles. The number of carbonyl (C=O) groups excluding carboxylic acids is 1. The third kappa shape index (κ3) is 4.28. The standard InChI is InChI=1S/C19H23N3O.ClH/c1-20-13-15-11-12-22(14-15)19(23)17-9-5-6-10-18(17)21-16-7-3-2-4-8-16;/h2-10,15,20-21H,11-14H2,1H3;1H. The van der Waals surface area contributed by atoms with E-state index in [0.717, 1.165) is 43.0 Å². The quantitative estimate of drug-likeness (QED) is 0.871. The molecule has 0 saturated carbocycles. The van der Waals surface area contributed by atoms with Crippen LogP contribution in [0.2, 0.25) is 0 Å². The van der Waals surface area contributed by atoms with Crippen LogP contribution in [0.3, 0.4) is 0 Å². The lowest BCUT2D eigenvalue weighted by molar-refractivity contribution is 0.0788. The number of nitrogens with zero attached hydrogens (tertiary/aromatic N) is 1. The molecule has 0 bridgehead atoms. The fourth-order valence-electron chi connectivity index (χ4n) is 3.10. The summed E-state index contributed by atoms with van der Waals surface area (Å²) < 4.78 is 0. The van der Waals surface area contributed by atoms with E-state index in [0.29, 0.717) is 5.92 Å². The SMILES string of the molecule is CNCC1CCN(C(=O)c2ccccc2Nc2ccccc2)C1.Cl. The lowest BCUT2D eigenvalue weighted by Gasteiger charge is -2.19. The van der Waals surface area contributed by atoms with Crippen LogP contribution in [0.5, 0.6) is 0 Å². The Hall–Kier alpha value is -2.04. The Morgan fingerprint density at radius 2 is 1.83 bits per heavy atom. The second-order valence-electron chi connectivity index (χ2n) is 6.00. The first-order valence-electron chi connectivity index (χ1n) is 8.13. The Labute approximate surface area is 149 Å². The predicted molar refractivity (Wildman–Crippen MR) is 101 cm³/mol. The van der Waals surface area contributed by atoms with Gasteiger partial charge < -0.3 is 15.5 Å². The molecule has 4 nitrogen and oxygen atoms in total. The highest BCUT2D eigenvalue weighted by Gasteiger charge is 2.27. The summed E-state index contributed by atoms with van der Waals surface area (Å²) >= 11 is 0. The summed E-state index contributed by atoms with van der Waals surface area (Å²) in [7, 11) is 1.96. The van der Waals surface area contributed by atoms with E-state index in [9.17, 15) is 4.79 Å². The number of rotatable bonds is 5. The summed E-state index contributed by atoms with van der Waals surface area (Å²) in [6.07, 6.45) is 1.07. The van der Waals surface area contributed by atoms with Crippen LogP contribution in [0, 0.1) is 5.92 Å². The fourth-order valence-corrected chi connectivity index (χ4v) is 3.10. The van der Waals surface area contributed by atoms with E-state index in [1.54, 1.807) is 0 Å². The van der Waals surface area contributed by atoms with E-state index in [2.05, 4.69) is 10.6 Å². The molecule has 1 aliphatic heterocycles. The molecule has 0 spiro atoms. The van der Waals surface area contributed by atoms with Crippen LogP contribution in [0.4, 0.5) is 11.4 Å². The number of hydrogen-bond acceptors (Lipinski definition) is 3. The lowest BCUT2D eigenvalue weighted by atomic mass is 10.1. The van der Waals surface area contributed by atoms with Gasteiger partial charge in [0.15, 0.2) is 0 Å². The molecule has 3 rings (SSSR count). The zero-order valence-electron chi connectivity index (χ0n) is 13.9. The van der Waals surface area contributed by atoms with Gasteiger partial charge in [0.1, 0.15) is 0 Å². The van der Waals surface area contributed by atoms with Gasteiger partial charge in [0.2, 0.25) is 0 Å². The van der Waals surface area contributed by atoms with Crippen molar-refractivity contribution in [3.63, 3.8) is 0 Å². The maximum absolute atomic E-state index is 12.9. The van der Waals surface area contributed by atoms with E-state index in [1.165, 1.54) is 0 Å². The molecule has 24 heavy (non-hydrogen) atoms. The van der Waals surface area contributed by atoms with Crippen LogP contribution in [0.15, 0.2) is 54.6 Å². The number of anilines is 2. The maximum atomic E-state index is 12.9. The smallest absolute Gasteiger partial charge is 0.255 e. The van der Waals surface area contributed by atoms with Crippen molar-refractivity contribution in [3.8, 4) is 0 Å². The van der Waals surface area contributed by atoms with Gasteiger partial charge in [0.25, 0.3) is 5.91 Å². The number of para-hydroxylation sites is 2. The number of nitrogens with one attached hydrogen (secondary N) is 2. The van der Waals surface area contributed by atoms with Crippen LogP contribution in [-0.2, 0) is 0 Å². The number of hydrogen-bond donors (Lipinski definition) is 2. The van der Waals surface area contributed by atoms with Crippen LogP contribution in [0.1, 0.15) is 16.8 Å². The Morgan fingerprint density at radius 3 is 2.58 bits per heavy atom. The molecule has 1 heterocycles.